The van der Waals surface area contributed by atoms with Gasteiger partial charge in [-0.1, -0.05) is 30.3 Å². The molecular weight excluding hydrogens is 372 g/mol. The Morgan fingerprint density at radius 3 is 2.57 bits per heavy atom. The summed E-state index contributed by atoms with van der Waals surface area (Å²) in [6.07, 6.45) is 5.38. The average molecular weight is 400 g/mol. The van der Waals surface area contributed by atoms with Crippen LogP contribution in [0.2, 0.25) is 0 Å². The molecule has 148 valence electrons. The molecule has 0 saturated carbocycles. The Bertz CT molecular complexity index is 897. The Morgan fingerprint density at radius 1 is 1.29 bits per heavy atom. The van der Waals surface area contributed by atoms with Crippen molar-refractivity contribution in [1.29, 1.82) is 0 Å². The molecule has 0 bridgehead atoms. The van der Waals surface area contributed by atoms with Crippen LogP contribution in [0.15, 0.2) is 41.6 Å². The Kier molecular flexibility index (Phi) is 6.21. The summed E-state index contributed by atoms with van der Waals surface area (Å²) in [7, 11) is 3.90. The Labute approximate surface area is 170 Å². The van der Waals surface area contributed by atoms with Crippen LogP contribution >= 0.6 is 11.8 Å². The fourth-order valence-electron chi connectivity index (χ4n) is 3.08. The van der Waals surface area contributed by atoms with Crippen molar-refractivity contribution >= 4 is 30.1 Å². The first-order valence-electron chi connectivity index (χ1n) is 9.33. The summed E-state index contributed by atoms with van der Waals surface area (Å²) in [4.78, 5) is 19.1. The predicted octanol–water partition coefficient (Wildman–Crippen LogP) is 2.02. The van der Waals surface area contributed by atoms with Gasteiger partial charge in [-0.3, -0.25) is 15.1 Å². The van der Waals surface area contributed by atoms with Gasteiger partial charge in [-0.2, -0.15) is 4.68 Å². The number of carbonyl (C=O) groups excluding carboxylic acids is 1. The van der Waals surface area contributed by atoms with Crippen LogP contribution in [0.3, 0.4) is 0 Å². The number of imidazole rings is 1. The van der Waals surface area contributed by atoms with Crippen molar-refractivity contribution in [2.45, 2.75) is 24.5 Å². The van der Waals surface area contributed by atoms with E-state index >= 15 is 0 Å². The summed E-state index contributed by atoms with van der Waals surface area (Å²) < 4.78 is 3.91. The number of aromatic nitrogens is 2. The molecule has 3 rings (SSSR count). The number of hydrogen-bond acceptors (Lipinski definition) is 4. The Hall–Kier alpha value is -2.58. The van der Waals surface area contributed by atoms with Crippen molar-refractivity contribution in [2.24, 2.45) is 5.73 Å². The highest BCUT2D eigenvalue weighted by Crippen LogP contribution is 2.36. The lowest BCUT2D eigenvalue weighted by Gasteiger charge is -2.16. The molecule has 1 amide bonds. The van der Waals surface area contributed by atoms with Crippen LogP contribution in [0.5, 0.6) is 0 Å². The van der Waals surface area contributed by atoms with E-state index in [0.29, 0.717) is 13.1 Å². The van der Waals surface area contributed by atoms with Crippen molar-refractivity contribution in [3.63, 3.8) is 0 Å². The monoisotopic (exact) mass is 399 g/mol. The van der Waals surface area contributed by atoms with Crippen LogP contribution in [0.1, 0.15) is 19.5 Å². The quantitative estimate of drug-likeness (QED) is 0.348. The molecule has 1 aromatic heterocycles. The van der Waals surface area contributed by atoms with Gasteiger partial charge in [0.05, 0.1) is 14.1 Å². The SMILES string of the molecule is CCN(CC)C(=O)C=Cc1c(-c2ccccc2)nc2n1N(C=[N+](C)C)C(N)S2. The third-order valence-electron chi connectivity index (χ3n) is 4.43. The molecule has 1 aliphatic rings. The van der Waals surface area contributed by atoms with E-state index in [4.69, 9.17) is 10.7 Å². The van der Waals surface area contributed by atoms with E-state index in [1.54, 1.807) is 11.0 Å². The number of rotatable bonds is 6. The number of thioether (sulfide) groups is 1. The van der Waals surface area contributed by atoms with Gasteiger partial charge in [0.15, 0.2) is 0 Å². The Balaban J connectivity index is 2.10. The Morgan fingerprint density at radius 2 is 1.96 bits per heavy atom. The minimum Gasteiger partial charge on any atom is -0.340 e. The van der Waals surface area contributed by atoms with Crippen LogP contribution in [-0.4, -0.2) is 64.1 Å². The third kappa shape index (κ3) is 3.98. The maximum absolute atomic E-state index is 12.5. The topological polar surface area (TPSA) is 70.4 Å². The highest BCUT2D eigenvalue weighted by molar-refractivity contribution is 8.00. The lowest BCUT2D eigenvalue weighted by atomic mass is 10.1. The van der Waals surface area contributed by atoms with Gasteiger partial charge in [-0.25, -0.2) is 4.98 Å². The zero-order valence-electron chi connectivity index (χ0n) is 16.7. The molecule has 0 aliphatic carbocycles. The molecule has 1 atom stereocenters. The van der Waals surface area contributed by atoms with Gasteiger partial charge < -0.3 is 4.90 Å². The number of nitrogens with two attached hydrogens (primary N) is 1. The second-order valence-electron chi connectivity index (χ2n) is 6.62. The minimum atomic E-state index is -0.277. The third-order valence-corrected chi connectivity index (χ3v) is 5.37. The number of benzene rings is 1. The van der Waals surface area contributed by atoms with Crippen LogP contribution in [-0.2, 0) is 4.79 Å². The number of carbonyl (C=O) groups is 1. The lowest BCUT2D eigenvalue weighted by molar-refractivity contribution is -0.460. The molecule has 2 heterocycles. The maximum Gasteiger partial charge on any atom is 0.260 e. The van der Waals surface area contributed by atoms with Crippen molar-refractivity contribution in [3.05, 3.63) is 42.1 Å². The number of fused-ring (bicyclic) bond motifs is 1. The van der Waals surface area contributed by atoms with E-state index in [1.165, 1.54) is 11.8 Å². The van der Waals surface area contributed by atoms with E-state index in [-0.39, 0.29) is 11.4 Å². The second-order valence-corrected chi connectivity index (χ2v) is 7.70. The van der Waals surface area contributed by atoms with E-state index in [1.807, 2.05) is 84.9 Å². The molecule has 0 saturated heterocycles. The minimum absolute atomic E-state index is 0.0161. The first-order valence-corrected chi connectivity index (χ1v) is 10.2. The van der Waals surface area contributed by atoms with E-state index in [0.717, 1.165) is 22.1 Å². The number of amides is 1. The van der Waals surface area contributed by atoms with Gasteiger partial charge in [0.1, 0.15) is 11.4 Å². The number of likely N-dealkylation sites (N-methyl/N-ethyl adjacent to an activating group) is 1. The van der Waals surface area contributed by atoms with Gasteiger partial charge in [-0.15, -0.1) is 5.01 Å². The fourth-order valence-corrected chi connectivity index (χ4v) is 3.99. The summed E-state index contributed by atoms with van der Waals surface area (Å²) in [6.45, 7) is 5.31. The zero-order chi connectivity index (χ0) is 20.3. The molecule has 28 heavy (non-hydrogen) atoms. The standard InChI is InChI=1S/C20H27N6OS/c1-5-24(6-2)17(27)13-12-16-18(15-10-8-7-9-11-15)22-20-26(16)25(14-23(3)4)19(21)28-20/h7-14,19H,5-6,21H2,1-4H3/q+1. The van der Waals surface area contributed by atoms with Gasteiger partial charge in [0, 0.05) is 24.7 Å². The summed E-state index contributed by atoms with van der Waals surface area (Å²) in [5.41, 5.74) is 8.68. The molecule has 0 radical (unpaired) electrons. The smallest absolute Gasteiger partial charge is 0.260 e. The molecule has 7 nitrogen and oxygen atoms in total. The van der Waals surface area contributed by atoms with E-state index in [9.17, 15) is 4.79 Å². The first-order chi connectivity index (χ1) is 13.5. The molecule has 1 aliphatic heterocycles. The first kappa shape index (κ1) is 20.2. The number of hydrogen-bond donors (Lipinski definition) is 1. The van der Waals surface area contributed by atoms with Crippen molar-refractivity contribution in [1.82, 2.24) is 14.6 Å². The summed E-state index contributed by atoms with van der Waals surface area (Å²) >= 11 is 1.49. The van der Waals surface area contributed by atoms with Crippen LogP contribution in [0, 0.1) is 0 Å². The van der Waals surface area contributed by atoms with Crippen LogP contribution < -0.4 is 10.7 Å². The van der Waals surface area contributed by atoms with Gasteiger partial charge in [0.2, 0.25) is 16.6 Å². The summed E-state index contributed by atoms with van der Waals surface area (Å²) in [5.74, 6) is -0.0161. The van der Waals surface area contributed by atoms with Gasteiger partial charge in [0.25, 0.3) is 6.34 Å². The molecule has 2 N–H and O–H groups in total. The van der Waals surface area contributed by atoms with Crippen LogP contribution in [0.25, 0.3) is 17.3 Å². The number of nitrogens with zero attached hydrogens (tertiary/aromatic N) is 5. The molecule has 8 heteroatoms. The van der Waals surface area contributed by atoms with Crippen molar-refractivity contribution < 1.29 is 9.37 Å². The van der Waals surface area contributed by atoms with Gasteiger partial charge in [-0.05, 0) is 31.7 Å². The van der Waals surface area contributed by atoms with E-state index in [2.05, 4.69) is 0 Å². The largest absolute Gasteiger partial charge is 0.340 e. The highest BCUT2D eigenvalue weighted by Gasteiger charge is 2.37. The van der Waals surface area contributed by atoms with Crippen LogP contribution in [0.4, 0.5) is 0 Å². The van der Waals surface area contributed by atoms with Gasteiger partial charge >= 0.3 is 0 Å². The molecular formula is C20H27N6OS+. The molecule has 2 aromatic rings. The predicted molar refractivity (Wildman–Crippen MR) is 115 cm³/mol. The maximum atomic E-state index is 12.5. The lowest BCUT2D eigenvalue weighted by Crippen LogP contribution is -2.44. The normalized spacial score (nSPS) is 15.8. The zero-order valence-corrected chi connectivity index (χ0v) is 17.6. The fraction of sp³-hybridized carbons (Fsp3) is 0.350. The summed E-state index contributed by atoms with van der Waals surface area (Å²) in [5, 5.41) is 2.74. The van der Waals surface area contributed by atoms with Crippen molar-refractivity contribution in [3.8, 4) is 11.3 Å². The second kappa shape index (κ2) is 8.62. The van der Waals surface area contributed by atoms with Crippen molar-refractivity contribution in [2.75, 3.05) is 32.2 Å². The average Bonchev–Trinajstić information content (AvgIpc) is 3.17. The highest BCUT2D eigenvalue weighted by atomic mass is 32.2. The van der Waals surface area contributed by atoms with E-state index < -0.39 is 0 Å². The summed E-state index contributed by atoms with van der Waals surface area (Å²) in [6, 6.07) is 9.98. The molecule has 1 aromatic carbocycles. The molecule has 0 spiro atoms. The molecule has 0 fully saturated rings. The molecule has 1 unspecified atom stereocenters.